The minimum absolute atomic E-state index is 0.141. The zero-order valence-electron chi connectivity index (χ0n) is 15.7. The lowest BCUT2D eigenvalue weighted by Crippen LogP contribution is -2.13. The highest BCUT2D eigenvalue weighted by Crippen LogP contribution is 2.26. The highest BCUT2D eigenvalue weighted by atomic mass is 79.9. The first kappa shape index (κ1) is 20.0. The van der Waals surface area contributed by atoms with Crippen LogP contribution in [-0.2, 0) is 24.2 Å². The minimum Gasteiger partial charge on any atom is -0.484 e. The summed E-state index contributed by atoms with van der Waals surface area (Å²) >= 11 is 4.57. The maximum Gasteiger partial charge on any atom is 0.277 e. The molecule has 0 atom stereocenters. The van der Waals surface area contributed by atoms with Gasteiger partial charge < -0.3 is 14.5 Å². The van der Waals surface area contributed by atoms with Crippen LogP contribution in [0.3, 0.4) is 0 Å². The van der Waals surface area contributed by atoms with Crippen molar-refractivity contribution in [2.24, 2.45) is 0 Å². The summed E-state index contributed by atoms with van der Waals surface area (Å²) < 4.78 is 12.3. The molecule has 0 saturated carbocycles. The van der Waals surface area contributed by atoms with Gasteiger partial charge in [-0.2, -0.15) is 0 Å². The third kappa shape index (κ3) is 5.61. The number of rotatable bonds is 7. The van der Waals surface area contributed by atoms with Crippen LogP contribution >= 0.6 is 27.7 Å². The number of nitrogens with one attached hydrogen (secondary N) is 1. The summed E-state index contributed by atoms with van der Waals surface area (Å²) in [6.45, 7) is 0.205. The van der Waals surface area contributed by atoms with Crippen LogP contribution in [0.25, 0.3) is 0 Å². The van der Waals surface area contributed by atoms with Crippen LogP contribution in [0.4, 0.5) is 5.69 Å². The number of aryl methyl sites for hydroxylation is 2. The summed E-state index contributed by atoms with van der Waals surface area (Å²) in [5, 5.41) is 11.1. The first-order valence-electron chi connectivity index (χ1n) is 9.41. The average Bonchev–Trinajstić information content (AvgIpc) is 3.18. The number of benzene rings is 2. The number of halogens is 1. The van der Waals surface area contributed by atoms with E-state index in [4.69, 9.17) is 9.15 Å². The van der Waals surface area contributed by atoms with Crippen molar-refractivity contribution in [3.63, 3.8) is 0 Å². The van der Waals surface area contributed by atoms with E-state index in [0.29, 0.717) is 11.1 Å². The third-order valence-corrected chi connectivity index (χ3v) is 5.88. The molecule has 1 heterocycles. The molecule has 8 heteroatoms. The van der Waals surface area contributed by atoms with Crippen LogP contribution in [-0.4, -0.2) is 21.9 Å². The van der Waals surface area contributed by atoms with E-state index in [0.717, 1.165) is 28.8 Å². The fourth-order valence-electron chi connectivity index (χ4n) is 3.19. The van der Waals surface area contributed by atoms with Gasteiger partial charge in [-0.15, -0.1) is 10.2 Å². The molecule has 0 aliphatic heterocycles. The number of hydrogen-bond donors (Lipinski definition) is 1. The number of aromatic nitrogens is 2. The molecule has 0 fully saturated rings. The number of hydrogen-bond acceptors (Lipinski definition) is 6. The number of ether oxygens (including phenoxy) is 1. The van der Waals surface area contributed by atoms with Gasteiger partial charge in [0.05, 0.1) is 5.75 Å². The smallest absolute Gasteiger partial charge is 0.277 e. The van der Waals surface area contributed by atoms with Gasteiger partial charge in [0.15, 0.2) is 6.61 Å². The Hall–Kier alpha value is -2.32. The second-order valence-corrected chi connectivity index (χ2v) is 8.58. The van der Waals surface area contributed by atoms with E-state index < -0.39 is 0 Å². The minimum atomic E-state index is -0.141. The normalized spacial score (nSPS) is 13.0. The molecular weight excluding hydrogens is 454 g/mol. The van der Waals surface area contributed by atoms with Crippen LogP contribution in [0.15, 0.2) is 56.6 Å². The summed E-state index contributed by atoms with van der Waals surface area (Å²) in [6.07, 6.45) is 4.75. The fourth-order valence-corrected chi connectivity index (χ4v) is 4.17. The molecule has 3 aromatic rings. The number of nitrogens with zero attached hydrogens (tertiary/aromatic N) is 2. The number of anilines is 1. The Labute approximate surface area is 181 Å². The summed E-state index contributed by atoms with van der Waals surface area (Å²) in [6, 6.07) is 13.7. The van der Waals surface area contributed by atoms with Crippen molar-refractivity contribution in [3.05, 3.63) is 64.0 Å². The van der Waals surface area contributed by atoms with Crippen LogP contribution in [0.5, 0.6) is 5.75 Å². The van der Waals surface area contributed by atoms with Crippen molar-refractivity contribution in [1.29, 1.82) is 0 Å². The van der Waals surface area contributed by atoms with Gasteiger partial charge in [-0.1, -0.05) is 39.8 Å². The van der Waals surface area contributed by atoms with E-state index in [1.54, 1.807) is 0 Å². The molecule has 29 heavy (non-hydrogen) atoms. The quantitative estimate of drug-likeness (QED) is 0.485. The van der Waals surface area contributed by atoms with Crippen molar-refractivity contribution in [1.82, 2.24) is 10.2 Å². The monoisotopic (exact) mass is 473 g/mol. The molecule has 1 aliphatic rings. The Morgan fingerprint density at radius 3 is 2.86 bits per heavy atom. The van der Waals surface area contributed by atoms with E-state index in [1.807, 2.05) is 30.3 Å². The van der Waals surface area contributed by atoms with Crippen LogP contribution in [0, 0.1) is 0 Å². The summed E-state index contributed by atoms with van der Waals surface area (Å²) in [4.78, 5) is 12.1. The van der Waals surface area contributed by atoms with Gasteiger partial charge in [-0.05, 0) is 67.1 Å². The largest absolute Gasteiger partial charge is 0.484 e. The molecule has 1 amide bonds. The number of carbonyl (C=O) groups excluding carboxylic acids is 1. The molecule has 0 saturated heterocycles. The van der Waals surface area contributed by atoms with Crippen molar-refractivity contribution in [2.75, 3.05) is 11.1 Å². The summed E-state index contributed by atoms with van der Waals surface area (Å²) in [5.41, 5.74) is 3.52. The van der Waals surface area contributed by atoms with E-state index in [1.165, 1.54) is 35.7 Å². The van der Waals surface area contributed by atoms with E-state index in [-0.39, 0.29) is 18.3 Å². The van der Waals surface area contributed by atoms with E-state index in [2.05, 4.69) is 43.6 Å². The molecule has 4 rings (SSSR count). The zero-order valence-corrected chi connectivity index (χ0v) is 18.1. The molecule has 0 radical (unpaired) electrons. The van der Waals surface area contributed by atoms with E-state index in [9.17, 15) is 4.79 Å². The maximum atomic E-state index is 12.1. The van der Waals surface area contributed by atoms with Crippen LogP contribution < -0.4 is 10.1 Å². The Balaban J connectivity index is 1.26. The lowest BCUT2D eigenvalue weighted by atomic mass is 9.92. The van der Waals surface area contributed by atoms with Crippen LogP contribution in [0.2, 0.25) is 0 Å². The third-order valence-electron chi connectivity index (χ3n) is 4.57. The number of amides is 1. The highest BCUT2D eigenvalue weighted by Gasteiger charge is 2.13. The molecule has 1 aromatic heterocycles. The lowest BCUT2D eigenvalue weighted by molar-refractivity contribution is -0.113. The van der Waals surface area contributed by atoms with Crippen molar-refractivity contribution in [3.8, 4) is 5.75 Å². The molecule has 1 N–H and O–H groups in total. The van der Waals surface area contributed by atoms with Crippen molar-refractivity contribution < 1.29 is 13.9 Å². The first-order chi connectivity index (χ1) is 14.2. The maximum absolute atomic E-state index is 12.1. The standard InChI is InChI=1S/C21H20BrN3O3S/c22-16-6-3-7-17(11-16)23-19(26)13-29-21-25-24-20(28-21)12-27-18-9-8-14-4-1-2-5-15(14)10-18/h3,6-11H,1-2,4-5,12-13H2,(H,23,26). The van der Waals surface area contributed by atoms with Gasteiger partial charge in [0, 0.05) is 10.2 Å². The molecule has 6 nitrogen and oxygen atoms in total. The fraction of sp³-hybridized carbons (Fsp3) is 0.286. The number of thioether (sulfide) groups is 1. The Morgan fingerprint density at radius 2 is 2.00 bits per heavy atom. The number of carbonyl (C=O) groups is 1. The highest BCUT2D eigenvalue weighted by molar-refractivity contribution is 9.10. The molecule has 0 spiro atoms. The predicted octanol–water partition coefficient (Wildman–Crippen LogP) is 5.02. The van der Waals surface area contributed by atoms with E-state index >= 15 is 0 Å². The van der Waals surface area contributed by atoms with Gasteiger partial charge in [0.2, 0.25) is 5.91 Å². The summed E-state index contributed by atoms with van der Waals surface area (Å²) in [5.74, 6) is 1.24. The molecule has 150 valence electrons. The molecule has 2 aromatic carbocycles. The Kier molecular flexibility index (Phi) is 6.51. The van der Waals surface area contributed by atoms with Gasteiger partial charge >= 0.3 is 0 Å². The topological polar surface area (TPSA) is 77.2 Å². The molecule has 0 bridgehead atoms. The van der Waals surface area contributed by atoms with Gasteiger partial charge in [0.25, 0.3) is 11.1 Å². The summed E-state index contributed by atoms with van der Waals surface area (Å²) in [7, 11) is 0. The Bertz CT molecular complexity index is 1010. The second-order valence-electron chi connectivity index (χ2n) is 6.74. The second kappa shape index (κ2) is 9.45. The van der Waals surface area contributed by atoms with Crippen LogP contribution in [0.1, 0.15) is 29.9 Å². The van der Waals surface area contributed by atoms with Gasteiger partial charge in [-0.3, -0.25) is 4.79 Å². The first-order valence-corrected chi connectivity index (χ1v) is 11.2. The Morgan fingerprint density at radius 1 is 1.14 bits per heavy atom. The predicted molar refractivity (Wildman–Crippen MR) is 115 cm³/mol. The van der Waals surface area contributed by atoms with Crippen molar-refractivity contribution >= 4 is 39.3 Å². The molecule has 0 unspecified atom stereocenters. The van der Waals surface area contributed by atoms with Crippen molar-refractivity contribution in [2.45, 2.75) is 37.5 Å². The van der Waals surface area contributed by atoms with Gasteiger partial charge in [0.1, 0.15) is 5.75 Å². The van der Waals surface area contributed by atoms with Gasteiger partial charge in [-0.25, -0.2) is 0 Å². The molecule has 1 aliphatic carbocycles. The molecular formula is C21H20BrN3O3S. The number of fused-ring (bicyclic) bond motifs is 1. The zero-order chi connectivity index (χ0) is 20.1. The average molecular weight is 474 g/mol. The SMILES string of the molecule is O=C(CSc1nnc(COc2ccc3c(c2)CCCC3)o1)Nc1cccc(Br)c1. The lowest BCUT2D eigenvalue weighted by Gasteiger charge is -2.16.